The Hall–Kier alpha value is -1.76. The molecule has 1 aromatic carbocycles. The van der Waals surface area contributed by atoms with Crippen LogP contribution in [0.1, 0.15) is 47.0 Å². The monoisotopic (exact) mass is 440 g/mol. The minimum atomic E-state index is -0.483. The fourth-order valence-electron chi connectivity index (χ4n) is 3.30. The summed E-state index contributed by atoms with van der Waals surface area (Å²) in [5.41, 5.74) is 7.06. The van der Waals surface area contributed by atoms with Gasteiger partial charge in [0, 0.05) is 16.3 Å². The minimum absolute atomic E-state index is 0.167. The summed E-state index contributed by atoms with van der Waals surface area (Å²) >= 11 is 13.4. The van der Waals surface area contributed by atoms with Gasteiger partial charge in [0.25, 0.3) is 5.91 Å². The van der Waals surface area contributed by atoms with Crippen molar-refractivity contribution >= 4 is 51.4 Å². The number of primary amides is 1. The third-order valence-electron chi connectivity index (χ3n) is 4.71. The molecule has 0 aliphatic heterocycles. The number of anilines is 1. The molecule has 2 amide bonds. The highest BCUT2D eigenvalue weighted by molar-refractivity contribution is 7.17. The Kier molecular flexibility index (Phi) is 6.86. The molecule has 2 aromatic rings. The predicted molar refractivity (Wildman–Crippen MR) is 114 cm³/mol. The molecular weight excluding hydrogens is 419 g/mol. The third-order valence-corrected chi connectivity index (χ3v) is 6.41. The quantitative estimate of drug-likeness (QED) is 0.589. The Balaban J connectivity index is 1.55. The number of halogens is 2. The predicted octanol–water partition coefficient (Wildman–Crippen LogP) is 5.08. The van der Waals surface area contributed by atoms with Gasteiger partial charge in [-0.1, -0.05) is 30.1 Å². The Morgan fingerprint density at radius 1 is 1.36 bits per heavy atom. The van der Waals surface area contributed by atoms with Crippen LogP contribution in [0.5, 0.6) is 5.75 Å². The summed E-state index contributed by atoms with van der Waals surface area (Å²) < 4.78 is 5.59. The van der Waals surface area contributed by atoms with E-state index in [2.05, 4.69) is 12.2 Å². The number of ether oxygens (including phenoxy) is 1. The van der Waals surface area contributed by atoms with E-state index in [1.807, 2.05) is 0 Å². The van der Waals surface area contributed by atoms with Gasteiger partial charge in [-0.3, -0.25) is 9.59 Å². The van der Waals surface area contributed by atoms with Crippen LogP contribution in [0.4, 0.5) is 5.00 Å². The van der Waals surface area contributed by atoms with Crippen molar-refractivity contribution in [1.82, 2.24) is 0 Å². The van der Waals surface area contributed by atoms with Crippen LogP contribution in [0.2, 0.25) is 10.0 Å². The van der Waals surface area contributed by atoms with Crippen LogP contribution >= 0.6 is 34.5 Å². The average Bonchev–Trinajstić information content (AvgIpc) is 2.97. The highest BCUT2D eigenvalue weighted by atomic mass is 35.5. The number of amides is 2. The van der Waals surface area contributed by atoms with Gasteiger partial charge in [-0.05, 0) is 55.4 Å². The van der Waals surface area contributed by atoms with Crippen molar-refractivity contribution in [2.45, 2.75) is 39.0 Å². The first-order chi connectivity index (χ1) is 13.3. The molecule has 1 heterocycles. The summed E-state index contributed by atoms with van der Waals surface area (Å²) in [7, 11) is 0. The lowest BCUT2D eigenvalue weighted by molar-refractivity contribution is -0.116. The summed E-state index contributed by atoms with van der Waals surface area (Å²) in [6, 6.07) is 5.00. The van der Waals surface area contributed by atoms with Crippen LogP contribution < -0.4 is 15.8 Å². The highest BCUT2D eigenvalue weighted by Gasteiger charge is 2.27. The zero-order chi connectivity index (χ0) is 20.3. The second-order valence-corrected chi connectivity index (χ2v) is 8.94. The number of fused-ring (bicyclic) bond motifs is 1. The molecule has 1 aliphatic rings. The van der Waals surface area contributed by atoms with Gasteiger partial charge in [0.2, 0.25) is 5.91 Å². The van der Waals surface area contributed by atoms with Crippen molar-refractivity contribution in [3.05, 3.63) is 44.2 Å². The molecule has 28 heavy (non-hydrogen) atoms. The third kappa shape index (κ3) is 4.99. The molecular formula is C20H22Cl2N2O3S. The smallest absolute Gasteiger partial charge is 0.251 e. The molecule has 150 valence electrons. The van der Waals surface area contributed by atoms with Gasteiger partial charge in [-0.2, -0.15) is 0 Å². The molecule has 3 rings (SSSR count). The van der Waals surface area contributed by atoms with E-state index in [9.17, 15) is 9.59 Å². The number of carbonyl (C=O) groups excluding carboxylic acids is 2. The Labute approximate surface area is 178 Å². The van der Waals surface area contributed by atoms with E-state index in [0.29, 0.717) is 45.3 Å². The maximum Gasteiger partial charge on any atom is 0.251 e. The number of nitrogens with two attached hydrogens (primary N) is 1. The first kappa shape index (κ1) is 21.0. The van der Waals surface area contributed by atoms with Crippen molar-refractivity contribution in [3.63, 3.8) is 0 Å². The van der Waals surface area contributed by atoms with Gasteiger partial charge in [-0.25, -0.2) is 0 Å². The molecule has 1 atom stereocenters. The van der Waals surface area contributed by atoms with Crippen molar-refractivity contribution in [3.8, 4) is 5.75 Å². The van der Waals surface area contributed by atoms with Crippen LogP contribution in [0, 0.1) is 5.92 Å². The largest absolute Gasteiger partial charge is 0.492 e. The van der Waals surface area contributed by atoms with Gasteiger partial charge in [0.15, 0.2) is 0 Å². The van der Waals surface area contributed by atoms with Gasteiger partial charge in [0.1, 0.15) is 10.8 Å². The van der Waals surface area contributed by atoms with Crippen LogP contribution in [0.15, 0.2) is 18.2 Å². The molecule has 5 nitrogen and oxygen atoms in total. The van der Waals surface area contributed by atoms with E-state index < -0.39 is 5.91 Å². The Bertz CT molecular complexity index is 898. The molecule has 8 heteroatoms. The van der Waals surface area contributed by atoms with Gasteiger partial charge in [0.05, 0.1) is 17.2 Å². The molecule has 0 radical (unpaired) electrons. The van der Waals surface area contributed by atoms with Crippen LogP contribution in [0.3, 0.4) is 0 Å². The normalized spacial score (nSPS) is 15.8. The number of hydrogen-bond donors (Lipinski definition) is 2. The van der Waals surface area contributed by atoms with Gasteiger partial charge < -0.3 is 15.8 Å². The number of hydrogen-bond acceptors (Lipinski definition) is 4. The standard InChI is InChI=1S/C20H22Cl2N2O3S/c1-11-4-6-13-16(9-11)28-20(18(13)19(23)26)24-17(25)3-2-8-27-15-7-5-12(21)10-14(15)22/h5,7,10-11H,2-4,6,8-9H2,1H3,(H2,23,26)(H,24,25). The van der Waals surface area contributed by atoms with E-state index >= 15 is 0 Å². The second-order valence-electron chi connectivity index (χ2n) is 7.00. The van der Waals surface area contributed by atoms with Gasteiger partial charge in [-0.15, -0.1) is 11.3 Å². The Morgan fingerprint density at radius 3 is 2.86 bits per heavy atom. The van der Waals surface area contributed by atoms with E-state index in [4.69, 9.17) is 33.7 Å². The molecule has 1 aromatic heterocycles. The Morgan fingerprint density at radius 2 is 2.14 bits per heavy atom. The molecule has 0 spiro atoms. The van der Waals surface area contributed by atoms with E-state index in [-0.39, 0.29) is 12.3 Å². The number of carbonyl (C=O) groups is 2. The molecule has 0 bridgehead atoms. The lowest BCUT2D eigenvalue weighted by Crippen LogP contribution is -2.19. The fourth-order valence-corrected chi connectivity index (χ4v) is 5.19. The second kappa shape index (κ2) is 9.16. The van der Waals surface area contributed by atoms with E-state index in [1.54, 1.807) is 18.2 Å². The first-order valence-electron chi connectivity index (χ1n) is 9.17. The van der Waals surface area contributed by atoms with Crippen LogP contribution in [-0.2, 0) is 17.6 Å². The van der Waals surface area contributed by atoms with E-state index in [1.165, 1.54) is 11.3 Å². The van der Waals surface area contributed by atoms with E-state index in [0.717, 1.165) is 29.7 Å². The zero-order valence-corrected chi connectivity index (χ0v) is 17.8. The van der Waals surface area contributed by atoms with Crippen LogP contribution in [-0.4, -0.2) is 18.4 Å². The molecule has 0 fully saturated rings. The SMILES string of the molecule is CC1CCc2c(sc(NC(=O)CCCOc3ccc(Cl)cc3Cl)c2C(N)=O)C1. The number of thiophene rings is 1. The number of nitrogens with one attached hydrogen (secondary N) is 1. The lowest BCUT2D eigenvalue weighted by Gasteiger charge is -2.18. The fraction of sp³-hybridized carbons (Fsp3) is 0.400. The number of benzene rings is 1. The first-order valence-corrected chi connectivity index (χ1v) is 10.7. The van der Waals surface area contributed by atoms with Crippen molar-refractivity contribution in [2.75, 3.05) is 11.9 Å². The van der Waals surface area contributed by atoms with Crippen molar-refractivity contribution < 1.29 is 14.3 Å². The van der Waals surface area contributed by atoms with Crippen molar-refractivity contribution in [2.24, 2.45) is 11.7 Å². The molecule has 3 N–H and O–H groups in total. The molecule has 1 unspecified atom stereocenters. The maximum absolute atomic E-state index is 12.3. The lowest BCUT2D eigenvalue weighted by atomic mass is 9.88. The minimum Gasteiger partial charge on any atom is -0.492 e. The summed E-state index contributed by atoms with van der Waals surface area (Å²) in [5.74, 6) is 0.456. The average molecular weight is 441 g/mol. The molecule has 0 saturated heterocycles. The number of rotatable bonds is 7. The van der Waals surface area contributed by atoms with Crippen LogP contribution in [0.25, 0.3) is 0 Å². The molecule has 1 aliphatic carbocycles. The maximum atomic E-state index is 12.3. The topological polar surface area (TPSA) is 81.4 Å². The highest BCUT2D eigenvalue weighted by Crippen LogP contribution is 2.39. The summed E-state index contributed by atoms with van der Waals surface area (Å²) in [5, 5.41) is 4.40. The van der Waals surface area contributed by atoms with Gasteiger partial charge >= 0.3 is 0 Å². The summed E-state index contributed by atoms with van der Waals surface area (Å²) in [6.45, 7) is 2.54. The summed E-state index contributed by atoms with van der Waals surface area (Å²) in [4.78, 5) is 25.4. The zero-order valence-electron chi connectivity index (χ0n) is 15.5. The molecule has 0 saturated carbocycles. The summed E-state index contributed by atoms with van der Waals surface area (Å²) in [6.07, 6.45) is 3.56. The van der Waals surface area contributed by atoms with Crippen molar-refractivity contribution in [1.29, 1.82) is 0 Å².